The molecule has 0 heterocycles. The summed E-state index contributed by atoms with van der Waals surface area (Å²) in [6.45, 7) is 0. The fraction of sp³-hybridized carbons (Fsp3) is 0.273. The van der Waals surface area contributed by atoms with Gasteiger partial charge in [-0.15, -0.1) is 0 Å². The third-order valence-corrected chi connectivity index (χ3v) is 1.97. The predicted molar refractivity (Wildman–Crippen MR) is 52.5 cm³/mol. The lowest BCUT2D eigenvalue weighted by atomic mass is 10.1. The molecule has 1 aromatic rings. The van der Waals surface area contributed by atoms with Crippen LogP contribution in [0, 0.1) is 0 Å². The van der Waals surface area contributed by atoms with Crippen LogP contribution in [0.5, 0.6) is 5.75 Å². The van der Waals surface area contributed by atoms with E-state index in [0.29, 0.717) is 18.6 Å². The normalized spacial score (nSPS) is 9.50. The average molecular weight is 192 g/mol. The minimum Gasteiger partial charge on any atom is -0.496 e. The second-order valence-electron chi connectivity index (χ2n) is 2.89. The van der Waals surface area contributed by atoms with Gasteiger partial charge in [-0.2, -0.15) is 0 Å². The van der Waals surface area contributed by atoms with Crippen molar-refractivity contribution in [1.82, 2.24) is 0 Å². The number of ether oxygens (including phenoxy) is 1. The molecule has 74 valence electrons. The average Bonchev–Trinajstić information content (AvgIpc) is 2.21. The van der Waals surface area contributed by atoms with Crippen molar-refractivity contribution >= 4 is 12.6 Å². The molecule has 0 amide bonds. The Morgan fingerprint density at radius 1 is 1.21 bits per heavy atom. The number of rotatable bonds is 5. The van der Waals surface area contributed by atoms with Gasteiger partial charge in [-0.05, 0) is 11.6 Å². The molecule has 0 radical (unpaired) electrons. The highest BCUT2D eigenvalue weighted by molar-refractivity contribution is 5.60. The Balaban J connectivity index is 2.97. The maximum absolute atomic E-state index is 10.3. The van der Waals surface area contributed by atoms with Crippen LogP contribution >= 0.6 is 0 Å². The van der Waals surface area contributed by atoms with Crippen molar-refractivity contribution in [3.63, 3.8) is 0 Å². The number of hydrogen-bond acceptors (Lipinski definition) is 3. The van der Waals surface area contributed by atoms with E-state index < -0.39 is 0 Å². The first-order valence-electron chi connectivity index (χ1n) is 4.35. The summed E-state index contributed by atoms with van der Waals surface area (Å²) in [6, 6.07) is 5.43. The molecule has 0 fully saturated rings. The van der Waals surface area contributed by atoms with Crippen molar-refractivity contribution in [3.05, 3.63) is 29.3 Å². The van der Waals surface area contributed by atoms with Gasteiger partial charge in [-0.25, -0.2) is 0 Å². The van der Waals surface area contributed by atoms with Crippen LogP contribution in [0.2, 0.25) is 0 Å². The smallest absolute Gasteiger partial charge is 0.124 e. The van der Waals surface area contributed by atoms with Gasteiger partial charge in [0.15, 0.2) is 0 Å². The molecule has 0 aliphatic heterocycles. The SMILES string of the molecule is COc1cc(CC=O)ccc1CC=O. The van der Waals surface area contributed by atoms with E-state index in [1.165, 1.54) is 0 Å². The van der Waals surface area contributed by atoms with Crippen LogP contribution in [0.3, 0.4) is 0 Å². The number of methoxy groups -OCH3 is 1. The van der Waals surface area contributed by atoms with Crippen LogP contribution in [0.4, 0.5) is 0 Å². The lowest BCUT2D eigenvalue weighted by Gasteiger charge is -2.07. The summed E-state index contributed by atoms with van der Waals surface area (Å²) in [5.74, 6) is 0.663. The van der Waals surface area contributed by atoms with Crippen molar-refractivity contribution < 1.29 is 14.3 Å². The molecule has 0 N–H and O–H groups in total. The van der Waals surface area contributed by atoms with E-state index in [-0.39, 0.29) is 0 Å². The van der Waals surface area contributed by atoms with Gasteiger partial charge in [0.05, 0.1) is 7.11 Å². The largest absolute Gasteiger partial charge is 0.496 e. The minimum atomic E-state index is 0.338. The highest BCUT2D eigenvalue weighted by atomic mass is 16.5. The lowest BCUT2D eigenvalue weighted by Crippen LogP contribution is -1.95. The van der Waals surface area contributed by atoms with E-state index in [2.05, 4.69) is 0 Å². The molecule has 3 nitrogen and oxygen atoms in total. The molecule has 0 bridgehead atoms. The molecule has 0 spiro atoms. The van der Waals surface area contributed by atoms with E-state index in [9.17, 15) is 9.59 Å². The van der Waals surface area contributed by atoms with E-state index in [1.54, 1.807) is 13.2 Å². The summed E-state index contributed by atoms with van der Waals surface area (Å²) in [5, 5.41) is 0. The van der Waals surface area contributed by atoms with Gasteiger partial charge in [-0.1, -0.05) is 12.1 Å². The number of carbonyl (C=O) groups is 2. The Labute approximate surface area is 82.7 Å². The van der Waals surface area contributed by atoms with Crippen LogP contribution in [-0.2, 0) is 22.4 Å². The minimum absolute atomic E-state index is 0.338. The molecule has 0 aliphatic carbocycles. The Kier molecular flexibility index (Phi) is 3.85. The first-order chi connectivity index (χ1) is 6.81. The zero-order valence-corrected chi connectivity index (χ0v) is 8.03. The zero-order chi connectivity index (χ0) is 10.4. The third-order valence-electron chi connectivity index (χ3n) is 1.97. The molecular formula is C11H12O3. The number of benzene rings is 1. The first kappa shape index (κ1) is 10.4. The summed E-state index contributed by atoms with van der Waals surface area (Å²) in [6.07, 6.45) is 2.38. The summed E-state index contributed by atoms with van der Waals surface area (Å²) in [4.78, 5) is 20.6. The third kappa shape index (κ3) is 2.42. The summed E-state index contributed by atoms with van der Waals surface area (Å²) in [5.41, 5.74) is 1.74. The molecule has 0 unspecified atom stereocenters. The predicted octanol–water partition coefficient (Wildman–Crippen LogP) is 1.18. The van der Waals surface area contributed by atoms with Gasteiger partial charge in [0.25, 0.3) is 0 Å². The topological polar surface area (TPSA) is 43.4 Å². The van der Waals surface area contributed by atoms with E-state index in [0.717, 1.165) is 23.7 Å². The van der Waals surface area contributed by atoms with Gasteiger partial charge in [0.1, 0.15) is 18.3 Å². The zero-order valence-electron chi connectivity index (χ0n) is 8.03. The van der Waals surface area contributed by atoms with Crippen LogP contribution in [0.15, 0.2) is 18.2 Å². The molecule has 0 saturated carbocycles. The molecule has 0 atom stereocenters. The van der Waals surface area contributed by atoms with E-state index >= 15 is 0 Å². The Bertz CT molecular complexity index is 331. The second-order valence-corrected chi connectivity index (χ2v) is 2.89. The Morgan fingerprint density at radius 2 is 1.93 bits per heavy atom. The van der Waals surface area contributed by atoms with Crippen LogP contribution in [-0.4, -0.2) is 19.7 Å². The van der Waals surface area contributed by atoms with Crippen molar-refractivity contribution in [2.24, 2.45) is 0 Å². The van der Waals surface area contributed by atoms with Gasteiger partial charge in [-0.3, -0.25) is 0 Å². The van der Waals surface area contributed by atoms with E-state index in [1.807, 2.05) is 12.1 Å². The number of hydrogen-bond donors (Lipinski definition) is 0. The van der Waals surface area contributed by atoms with Crippen molar-refractivity contribution in [2.45, 2.75) is 12.8 Å². The van der Waals surface area contributed by atoms with Gasteiger partial charge in [0.2, 0.25) is 0 Å². The molecule has 1 rings (SSSR count). The first-order valence-corrected chi connectivity index (χ1v) is 4.35. The van der Waals surface area contributed by atoms with Gasteiger partial charge in [0, 0.05) is 18.4 Å². The highest BCUT2D eigenvalue weighted by Crippen LogP contribution is 2.20. The lowest BCUT2D eigenvalue weighted by molar-refractivity contribution is -0.108. The maximum Gasteiger partial charge on any atom is 0.124 e. The molecular weight excluding hydrogens is 180 g/mol. The quantitative estimate of drug-likeness (QED) is 0.658. The Hall–Kier alpha value is -1.64. The monoisotopic (exact) mass is 192 g/mol. The van der Waals surface area contributed by atoms with Crippen LogP contribution in [0.25, 0.3) is 0 Å². The van der Waals surface area contributed by atoms with Crippen LogP contribution < -0.4 is 4.74 Å². The van der Waals surface area contributed by atoms with Crippen molar-refractivity contribution in [1.29, 1.82) is 0 Å². The van der Waals surface area contributed by atoms with Crippen molar-refractivity contribution in [3.8, 4) is 5.75 Å². The van der Waals surface area contributed by atoms with Gasteiger partial charge >= 0.3 is 0 Å². The molecule has 0 aliphatic rings. The van der Waals surface area contributed by atoms with Crippen molar-refractivity contribution in [2.75, 3.05) is 7.11 Å². The molecule has 14 heavy (non-hydrogen) atoms. The summed E-state index contributed by atoms with van der Waals surface area (Å²) in [7, 11) is 1.55. The molecule has 0 saturated heterocycles. The fourth-order valence-electron chi connectivity index (χ4n) is 1.27. The second kappa shape index (κ2) is 5.17. The molecule has 1 aromatic carbocycles. The number of aldehydes is 2. The highest BCUT2D eigenvalue weighted by Gasteiger charge is 2.03. The van der Waals surface area contributed by atoms with Crippen LogP contribution in [0.1, 0.15) is 11.1 Å². The Morgan fingerprint density at radius 3 is 2.50 bits per heavy atom. The summed E-state index contributed by atoms with van der Waals surface area (Å²) < 4.78 is 5.11. The number of carbonyl (C=O) groups excluding carboxylic acids is 2. The molecule has 3 heteroatoms. The van der Waals surface area contributed by atoms with E-state index in [4.69, 9.17) is 4.74 Å². The standard InChI is InChI=1S/C11H12O3/c1-14-11-8-9(4-6-12)2-3-10(11)5-7-13/h2-3,6-8H,4-5H2,1H3. The van der Waals surface area contributed by atoms with Gasteiger partial charge < -0.3 is 14.3 Å². The molecule has 0 aromatic heterocycles. The fourth-order valence-corrected chi connectivity index (χ4v) is 1.27. The summed E-state index contributed by atoms with van der Waals surface area (Å²) >= 11 is 0. The maximum atomic E-state index is 10.3.